The van der Waals surface area contributed by atoms with Crippen LogP contribution >= 0.6 is 23.4 Å². The summed E-state index contributed by atoms with van der Waals surface area (Å²) in [4.78, 5) is 8.27. The van der Waals surface area contributed by atoms with Crippen LogP contribution in [0.1, 0.15) is 32.8 Å². The van der Waals surface area contributed by atoms with Gasteiger partial charge in [0.2, 0.25) is 0 Å². The molecule has 15 heavy (non-hydrogen) atoms. The minimum Gasteiger partial charge on any atom is -0.230 e. The highest BCUT2D eigenvalue weighted by molar-refractivity contribution is 7.99. The maximum atomic E-state index is 6.01. The van der Waals surface area contributed by atoms with Crippen LogP contribution in [0.15, 0.2) is 11.4 Å². The van der Waals surface area contributed by atoms with Gasteiger partial charge in [0.25, 0.3) is 0 Å². The van der Waals surface area contributed by atoms with Gasteiger partial charge in [-0.1, -0.05) is 32.4 Å². The van der Waals surface area contributed by atoms with Crippen LogP contribution in [0.5, 0.6) is 0 Å². The molecule has 0 atom stereocenters. The number of hydrogen-bond donors (Lipinski definition) is 0. The average Bonchev–Trinajstić information content (AvgIpc) is 2.17. The summed E-state index contributed by atoms with van der Waals surface area (Å²) < 4.78 is 0. The molecule has 0 saturated heterocycles. The molecule has 0 aliphatic rings. The molecular formula is C11H17ClN2S. The van der Waals surface area contributed by atoms with Crippen LogP contribution in [0.2, 0.25) is 5.15 Å². The summed E-state index contributed by atoms with van der Waals surface area (Å²) in [6.07, 6.45) is 3.64. The third kappa shape index (κ3) is 3.99. The van der Waals surface area contributed by atoms with Crippen LogP contribution in [-0.4, -0.2) is 15.7 Å². The van der Waals surface area contributed by atoms with E-state index in [-0.39, 0.29) is 0 Å². The summed E-state index contributed by atoms with van der Waals surface area (Å²) in [6, 6.07) is 0. The Labute approximate surface area is 101 Å². The van der Waals surface area contributed by atoms with E-state index in [1.54, 1.807) is 18.1 Å². The fraction of sp³-hybridized carbons (Fsp3) is 0.636. The van der Waals surface area contributed by atoms with E-state index in [1.807, 2.05) is 0 Å². The Hall–Kier alpha value is -0.280. The second-order valence-electron chi connectivity index (χ2n) is 3.83. The van der Waals surface area contributed by atoms with Crippen LogP contribution in [-0.2, 0) is 6.42 Å². The molecule has 0 aliphatic heterocycles. The van der Waals surface area contributed by atoms with Crippen molar-refractivity contribution in [2.24, 2.45) is 5.92 Å². The van der Waals surface area contributed by atoms with Crippen molar-refractivity contribution < 1.29 is 0 Å². The van der Waals surface area contributed by atoms with Crippen LogP contribution in [0.3, 0.4) is 0 Å². The fourth-order valence-corrected chi connectivity index (χ4v) is 2.83. The third-order valence-corrected chi connectivity index (χ3v) is 3.53. The van der Waals surface area contributed by atoms with Gasteiger partial charge >= 0.3 is 0 Å². The minimum absolute atomic E-state index is 0.597. The first-order valence-electron chi connectivity index (χ1n) is 5.27. The summed E-state index contributed by atoms with van der Waals surface area (Å²) in [5, 5.41) is 1.64. The molecule has 0 saturated carbocycles. The van der Waals surface area contributed by atoms with Gasteiger partial charge in [0.15, 0.2) is 0 Å². The predicted molar refractivity (Wildman–Crippen MR) is 66.6 cm³/mol. The van der Waals surface area contributed by atoms with Crippen LogP contribution in [0.25, 0.3) is 0 Å². The zero-order valence-electron chi connectivity index (χ0n) is 9.46. The Morgan fingerprint density at radius 2 is 2.13 bits per heavy atom. The van der Waals surface area contributed by atoms with Crippen molar-refractivity contribution in [3.63, 3.8) is 0 Å². The second kappa shape index (κ2) is 6.33. The van der Waals surface area contributed by atoms with Gasteiger partial charge in [-0.2, -0.15) is 0 Å². The largest absolute Gasteiger partial charge is 0.230 e. The maximum absolute atomic E-state index is 6.01. The van der Waals surface area contributed by atoms with E-state index in [4.69, 9.17) is 11.6 Å². The normalized spacial score (nSPS) is 11.0. The quantitative estimate of drug-likeness (QED) is 0.582. The van der Waals surface area contributed by atoms with E-state index in [1.165, 1.54) is 6.42 Å². The molecule has 1 aromatic rings. The van der Waals surface area contributed by atoms with Crippen molar-refractivity contribution in [2.45, 2.75) is 38.6 Å². The molecule has 1 rings (SSSR count). The fourth-order valence-electron chi connectivity index (χ4n) is 1.19. The number of thioether (sulfide) groups is 1. The van der Waals surface area contributed by atoms with Crippen LogP contribution < -0.4 is 0 Å². The van der Waals surface area contributed by atoms with E-state index in [0.717, 1.165) is 28.7 Å². The summed E-state index contributed by atoms with van der Waals surface area (Å²) in [6.45, 7) is 6.54. The number of halogens is 1. The number of rotatable bonds is 5. The van der Waals surface area contributed by atoms with Gasteiger partial charge < -0.3 is 0 Å². The van der Waals surface area contributed by atoms with E-state index in [9.17, 15) is 0 Å². The summed E-state index contributed by atoms with van der Waals surface area (Å²) in [5.41, 5.74) is 1.08. The predicted octanol–water partition coefficient (Wildman–Crippen LogP) is 3.83. The molecule has 0 N–H and O–H groups in total. The van der Waals surface area contributed by atoms with Gasteiger partial charge in [0, 0.05) is 5.56 Å². The molecule has 4 heteroatoms. The Morgan fingerprint density at radius 3 is 2.73 bits per heavy atom. The molecule has 2 nitrogen and oxygen atoms in total. The van der Waals surface area contributed by atoms with Gasteiger partial charge in [0.05, 0.1) is 0 Å². The van der Waals surface area contributed by atoms with Crippen LogP contribution in [0.4, 0.5) is 0 Å². The van der Waals surface area contributed by atoms with E-state index in [0.29, 0.717) is 5.15 Å². The lowest BCUT2D eigenvalue weighted by molar-refractivity contribution is 0.631. The minimum atomic E-state index is 0.597. The van der Waals surface area contributed by atoms with Gasteiger partial charge in [-0.3, -0.25) is 0 Å². The van der Waals surface area contributed by atoms with Crippen molar-refractivity contribution in [3.8, 4) is 0 Å². The lowest BCUT2D eigenvalue weighted by atomic mass is 10.2. The van der Waals surface area contributed by atoms with Crippen molar-refractivity contribution in [1.29, 1.82) is 0 Å². The molecule has 0 bridgehead atoms. The molecule has 0 amide bonds. The Morgan fingerprint density at radius 1 is 1.40 bits per heavy atom. The Balaban J connectivity index is 2.64. The Bertz CT molecular complexity index is 315. The first-order chi connectivity index (χ1) is 7.15. The third-order valence-electron chi connectivity index (χ3n) is 2.14. The Kier molecular flexibility index (Phi) is 5.40. The molecule has 1 heterocycles. The number of hydrogen-bond acceptors (Lipinski definition) is 3. The summed E-state index contributed by atoms with van der Waals surface area (Å²) >= 11 is 7.79. The first-order valence-corrected chi connectivity index (χ1v) is 6.63. The molecular weight excluding hydrogens is 228 g/mol. The van der Waals surface area contributed by atoms with Crippen molar-refractivity contribution >= 4 is 23.4 Å². The molecule has 1 aromatic heterocycles. The van der Waals surface area contributed by atoms with Crippen molar-refractivity contribution in [2.75, 3.05) is 5.75 Å². The zero-order chi connectivity index (χ0) is 11.3. The molecule has 0 radical (unpaired) electrons. The first kappa shape index (κ1) is 12.8. The zero-order valence-corrected chi connectivity index (χ0v) is 11.0. The lowest BCUT2D eigenvalue weighted by Gasteiger charge is -2.08. The smallest absolute Gasteiger partial charge is 0.136 e. The molecule has 0 fully saturated rings. The molecule has 84 valence electrons. The van der Waals surface area contributed by atoms with Crippen molar-refractivity contribution in [1.82, 2.24) is 9.97 Å². The lowest BCUT2D eigenvalue weighted by Crippen LogP contribution is -1.96. The van der Waals surface area contributed by atoms with Gasteiger partial charge in [0.1, 0.15) is 16.5 Å². The van der Waals surface area contributed by atoms with E-state index in [2.05, 4.69) is 30.7 Å². The molecule has 0 aromatic carbocycles. The van der Waals surface area contributed by atoms with Gasteiger partial charge in [-0.15, -0.1) is 11.8 Å². The molecule has 0 spiro atoms. The van der Waals surface area contributed by atoms with Gasteiger partial charge in [-0.25, -0.2) is 9.97 Å². The molecule has 0 aliphatic carbocycles. The highest BCUT2D eigenvalue weighted by Crippen LogP contribution is 2.26. The maximum Gasteiger partial charge on any atom is 0.136 e. The van der Waals surface area contributed by atoms with Gasteiger partial charge in [-0.05, 0) is 24.5 Å². The van der Waals surface area contributed by atoms with E-state index < -0.39 is 0 Å². The number of aromatic nitrogens is 2. The molecule has 0 unspecified atom stereocenters. The van der Waals surface area contributed by atoms with Crippen LogP contribution in [0, 0.1) is 5.92 Å². The SMILES string of the molecule is CCc1c(Cl)ncnc1SCCC(C)C. The summed E-state index contributed by atoms with van der Waals surface area (Å²) in [7, 11) is 0. The second-order valence-corrected chi connectivity index (χ2v) is 5.27. The van der Waals surface area contributed by atoms with Crippen molar-refractivity contribution in [3.05, 3.63) is 17.0 Å². The van der Waals surface area contributed by atoms with E-state index >= 15 is 0 Å². The highest BCUT2D eigenvalue weighted by Gasteiger charge is 2.08. The highest BCUT2D eigenvalue weighted by atomic mass is 35.5. The topological polar surface area (TPSA) is 25.8 Å². The summed E-state index contributed by atoms with van der Waals surface area (Å²) in [5.74, 6) is 1.83. The average molecular weight is 245 g/mol. The monoisotopic (exact) mass is 244 g/mol. The number of nitrogens with zero attached hydrogens (tertiary/aromatic N) is 2. The standard InChI is InChI=1S/C11H17ClN2S/c1-4-9-10(12)13-7-14-11(9)15-6-5-8(2)3/h7-8H,4-6H2,1-3H3.